The first-order valence-corrected chi connectivity index (χ1v) is 5.10. The molecule has 0 unspecified atom stereocenters. The van der Waals surface area contributed by atoms with Gasteiger partial charge in [-0.05, 0) is 20.8 Å². The van der Waals surface area contributed by atoms with E-state index in [0.29, 0.717) is 0 Å². The Balaban J connectivity index is 0.00000225. The molecule has 1 N–H and O–H groups in total. The zero-order valence-electron chi connectivity index (χ0n) is 8.60. The number of aromatic carboxylic acids is 1. The zero-order valence-corrected chi connectivity index (χ0v) is 9.42. The molecule has 0 amide bonds. The second kappa shape index (κ2) is 5.77. The van der Waals surface area contributed by atoms with Crippen molar-refractivity contribution in [1.29, 1.82) is 0 Å². The van der Waals surface area contributed by atoms with E-state index in [2.05, 4.69) is 4.98 Å². The number of nitrogens with zero attached hydrogens (tertiary/aromatic N) is 1. The third-order valence-electron chi connectivity index (χ3n) is 1.30. The molecule has 0 aliphatic heterocycles. The van der Waals surface area contributed by atoms with Crippen molar-refractivity contribution in [2.75, 3.05) is 0 Å². The topological polar surface area (TPSA) is 76.5 Å². The molecule has 1 heterocycles. The van der Waals surface area contributed by atoms with Crippen molar-refractivity contribution in [2.45, 2.75) is 26.4 Å². The maximum atomic E-state index is 11.4. The van der Waals surface area contributed by atoms with Crippen LogP contribution in [0.4, 0.5) is 0 Å². The van der Waals surface area contributed by atoms with Gasteiger partial charge in [-0.25, -0.2) is 14.6 Å². The van der Waals surface area contributed by atoms with Gasteiger partial charge in [0.25, 0.3) is 0 Å². The molecular weight excluding hydrogens is 241 g/mol. The van der Waals surface area contributed by atoms with Gasteiger partial charge < -0.3 is 9.84 Å². The van der Waals surface area contributed by atoms with Crippen molar-refractivity contribution in [3.8, 4) is 0 Å². The van der Waals surface area contributed by atoms with Crippen LogP contribution in [0, 0.1) is 0 Å². The number of hydrogen-bond donors (Lipinski definition) is 1. The van der Waals surface area contributed by atoms with Crippen LogP contribution >= 0.6 is 11.3 Å². The molecule has 0 fully saturated rings. The third kappa shape index (κ3) is 4.61. The fourth-order valence-corrected chi connectivity index (χ4v) is 1.42. The molecule has 84 valence electrons. The number of carbonyl (C=O) groups is 2. The maximum absolute atomic E-state index is 11.4. The molecule has 0 radical (unpaired) electrons. The van der Waals surface area contributed by atoms with E-state index in [0.717, 1.165) is 11.3 Å². The van der Waals surface area contributed by atoms with Crippen LogP contribution in [0.15, 0.2) is 5.38 Å². The molecule has 0 aromatic carbocycles. The molecule has 0 bridgehead atoms. The van der Waals surface area contributed by atoms with Crippen molar-refractivity contribution in [3.05, 3.63) is 16.1 Å². The number of rotatable bonds is 2. The van der Waals surface area contributed by atoms with Crippen molar-refractivity contribution >= 4 is 52.8 Å². The predicted molar refractivity (Wildman–Crippen MR) is 61.4 cm³/mol. The number of ether oxygens (including phenoxy) is 1. The molecule has 0 aliphatic rings. The minimum atomic E-state index is -1.14. The van der Waals surface area contributed by atoms with Crippen LogP contribution in [0.3, 0.4) is 0 Å². The number of carbonyl (C=O) groups excluding carboxylic acids is 1. The minimum absolute atomic E-state index is 0. The normalized spacial score (nSPS) is 10.4. The summed E-state index contributed by atoms with van der Waals surface area (Å²) in [7, 11) is 0. The van der Waals surface area contributed by atoms with Crippen molar-refractivity contribution in [2.24, 2.45) is 0 Å². The Morgan fingerprint density at radius 3 is 2.38 bits per heavy atom. The summed E-state index contributed by atoms with van der Waals surface area (Å²) in [5, 5.41) is 9.87. The Labute approximate surface area is 119 Å². The molecule has 5 nitrogen and oxygen atoms in total. The number of esters is 1. The first kappa shape index (κ1) is 15.6. The van der Waals surface area contributed by atoms with E-state index in [1.54, 1.807) is 20.8 Å². The fraction of sp³-hybridized carbons (Fsp3) is 0.444. The van der Waals surface area contributed by atoms with Gasteiger partial charge in [0.1, 0.15) is 5.60 Å². The first-order valence-electron chi connectivity index (χ1n) is 4.22. The Bertz CT molecular complexity index is 396. The second-order valence-corrected chi connectivity index (χ2v) is 4.70. The molecule has 1 rings (SSSR count). The van der Waals surface area contributed by atoms with Crippen LogP contribution in [0.5, 0.6) is 0 Å². The van der Waals surface area contributed by atoms with Gasteiger partial charge in [-0.1, -0.05) is 0 Å². The van der Waals surface area contributed by atoms with Crippen LogP contribution in [-0.4, -0.2) is 57.2 Å². The average Bonchev–Trinajstić information content (AvgIpc) is 2.47. The van der Waals surface area contributed by atoms with Gasteiger partial charge in [0.2, 0.25) is 5.01 Å². The number of aromatic nitrogens is 1. The summed E-state index contributed by atoms with van der Waals surface area (Å²) in [6.07, 6.45) is 0. The number of hydrogen-bond acceptors (Lipinski definition) is 5. The molecule has 7 heteroatoms. The van der Waals surface area contributed by atoms with Crippen molar-refractivity contribution in [3.63, 3.8) is 0 Å². The van der Waals surface area contributed by atoms with E-state index in [1.807, 2.05) is 0 Å². The molecule has 0 saturated heterocycles. The quantitative estimate of drug-likeness (QED) is 0.632. The summed E-state index contributed by atoms with van der Waals surface area (Å²) in [5.74, 6) is -1.75. The molecular formula is C9H12NNaO4S. The van der Waals surface area contributed by atoms with Crippen molar-refractivity contribution < 1.29 is 19.4 Å². The van der Waals surface area contributed by atoms with Gasteiger partial charge in [0.05, 0.1) is 0 Å². The summed E-state index contributed by atoms with van der Waals surface area (Å²) >= 11 is 0.900. The van der Waals surface area contributed by atoms with Gasteiger partial charge in [0.15, 0.2) is 5.69 Å². The predicted octanol–water partition coefficient (Wildman–Crippen LogP) is 1.15. The molecule has 0 spiro atoms. The Morgan fingerprint density at radius 2 is 2.00 bits per heavy atom. The van der Waals surface area contributed by atoms with Crippen LogP contribution in [0.1, 0.15) is 41.1 Å². The third-order valence-corrected chi connectivity index (χ3v) is 2.13. The van der Waals surface area contributed by atoms with E-state index in [1.165, 1.54) is 5.38 Å². The van der Waals surface area contributed by atoms with Gasteiger partial charge in [-0.15, -0.1) is 11.3 Å². The molecule has 0 saturated carbocycles. The fourth-order valence-electron chi connectivity index (χ4n) is 0.796. The van der Waals surface area contributed by atoms with Crippen LogP contribution in [-0.2, 0) is 4.74 Å². The summed E-state index contributed by atoms with van der Waals surface area (Å²) < 4.78 is 5.03. The molecule has 1 aromatic heterocycles. The van der Waals surface area contributed by atoms with Gasteiger partial charge in [-0.3, -0.25) is 0 Å². The van der Waals surface area contributed by atoms with Crippen LogP contribution in [0.2, 0.25) is 0 Å². The zero-order chi connectivity index (χ0) is 11.6. The Morgan fingerprint density at radius 1 is 1.44 bits per heavy atom. The average molecular weight is 253 g/mol. The molecule has 1 aromatic rings. The summed E-state index contributed by atoms with van der Waals surface area (Å²) in [6, 6.07) is 0. The van der Waals surface area contributed by atoms with E-state index in [4.69, 9.17) is 9.84 Å². The van der Waals surface area contributed by atoms with Gasteiger partial charge in [-0.2, -0.15) is 0 Å². The summed E-state index contributed by atoms with van der Waals surface area (Å²) in [5.41, 5.74) is -0.572. The van der Waals surface area contributed by atoms with E-state index >= 15 is 0 Å². The van der Waals surface area contributed by atoms with Gasteiger partial charge in [0, 0.05) is 5.38 Å². The molecule has 0 aliphatic carbocycles. The van der Waals surface area contributed by atoms with Crippen LogP contribution in [0.25, 0.3) is 0 Å². The molecule has 16 heavy (non-hydrogen) atoms. The van der Waals surface area contributed by atoms with Gasteiger partial charge >= 0.3 is 41.5 Å². The number of thiazole rings is 1. The first-order chi connectivity index (χ1) is 6.79. The summed E-state index contributed by atoms with van der Waals surface area (Å²) in [4.78, 5) is 25.6. The SMILES string of the molecule is CC(C)(C)OC(=O)c1csc(C(=O)O)n1.[NaH]. The Kier molecular flexibility index (Phi) is 5.61. The number of carboxylic acid groups (broad SMARTS) is 1. The van der Waals surface area contributed by atoms with Crippen LogP contribution < -0.4 is 0 Å². The van der Waals surface area contributed by atoms with E-state index in [9.17, 15) is 9.59 Å². The van der Waals surface area contributed by atoms with E-state index in [-0.39, 0.29) is 40.3 Å². The van der Waals surface area contributed by atoms with Crippen molar-refractivity contribution in [1.82, 2.24) is 4.98 Å². The standard InChI is InChI=1S/C9H11NO4S.Na.H/c1-9(2,3)14-8(13)5-4-15-6(10-5)7(11)12;;/h4H,1-3H3,(H,11,12);;. The van der Waals surface area contributed by atoms with E-state index < -0.39 is 17.5 Å². The Hall–Kier alpha value is -0.430. The molecule has 0 atom stereocenters. The number of carboxylic acids is 1. The monoisotopic (exact) mass is 253 g/mol. The summed E-state index contributed by atoms with van der Waals surface area (Å²) in [6.45, 7) is 5.19. The second-order valence-electron chi connectivity index (χ2n) is 3.84.